The molecule has 1 aliphatic heterocycles. The van der Waals surface area contributed by atoms with Crippen LogP contribution in [0.4, 0.5) is 0 Å². The summed E-state index contributed by atoms with van der Waals surface area (Å²) in [5, 5.41) is 3.56. The Kier molecular flexibility index (Phi) is 4.31. The first-order chi connectivity index (χ1) is 5.33. The van der Waals surface area contributed by atoms with E-state index in [0.29, 0.717) is 0 Å². The maximum atomic E-state index is 3.56. The molecule has 11 heavy (non-hydrogen) atoms. The van der Waals surface area contributed by atoms with Gasteiger partial charge in [0, 0.05) is 24.1 Å². The van der Waals surface area contributed by atoms with Gasteiger partial charge in [-0.3, -0.25) is 0 Å². The Morgan fingerprint density at radius 1 is 1.64 bits per heavy atom. The summed E-state index contributed by atoms with van der Waals surface area (Å²) in [6, 6.07) is 0.795. The van der Waals surface area contributed by atoms with E-state index in [1.165, 1.54) is 30.9 Å². The fourth-order valence-corrected chi connectivity index (χ4v) is 2.39. The standard InChI is InChI=1S/C9H19NS/c1-3-8(2)6-9-7-11-5-4-10-9/h8-10H,3-7H2,1-2H3. The normalized spacial score (nSPS) is 28.4. The van der Waals surface area contributed by atoms with Crippen LogP contribution in [0.3, 0.4) is 0 Å². The molecule has 0 aromatic carbocycles. The summed E-state index contributed by atoms with van der Waals surface area (Å²) in [6.07, 6.45) is 2.69. The molecule has 0 bridgehead atoms. The van der Waals surface area contributed by atoms with E-state index in [4.69, 9.17) is 0 Å². The smallest absolute Gasteiger partial charge is 0.0161 e. The van der Waals surface area contributed by atoms with Crippen molar-refractivity contribution >= 4 is 11.8 Å². The fraction of sp³-hybridized carbons (Fsp3) is 1.00. The molecule has 0 saturated carbocycles. The van der Waals surface area contributed by atoms with E-state index in [9.17, 15) is 0 Å². The summed E-state index contributed by atoms with van der Waals surface area (Å²) in [5.74, 6) is 3.52. The van der Waals surface area contributed by atoms with Gasteiger partial charge in [0.05, 0.1) is 0 Å². The average molecular weight is 173 g/mol. The van der Waals surface area contributed by atoms with Crippen molar-refractivity contribution in [3.8, 4) is 0 Å². The average Bonchev–Trinajstić information content (AvgIpc) is 2.06. The quantitative estimate of drug-likeness (QED) is 0.701. The predicted molar refractivity (Wildman–Crippen MR) is 53.2 cm³/mol. The third-order valence-electron chi connectivity index (χ3n) is 2.38. The van der Waals surface area contributed by atoms with Crippen molar-refractivity contribution in [3.05, 3.63) is 0 Å². The zero-order chi connectivity index (χ0) is 8.10. The number of hydrogen-bond acceptors (Lipinski definition) is 2. The second kappa shape index (κ2) is 5.04. The zero-order valence-electron chi connectivity index (χ0n) is 7.60. The topological polar surface area (TPSA) is 12.0 Å². The third-order valence-corrected chi connectivity index (χ3v) is 3.51. The first kappa shape index (κ1) is 9.40. The van der Waals surface area contributed by atoms with Gasteiger partial charge in [-0.25, -0.2) is 0 Å². The van der Waals surface area contributed by atoms with Crippen molar-refractivity contribution in [2.24, 2.45) is 5.92 Å². The molecule has 0 aromatic rings. The van der Waals surface area contributed by atoms with Crippen LogP contribution in [0.5, 0.6) is 0 Å². The summed E-state index contributed by atoms with van der Waals surface area (Å²) in [4.78, 5) is 0. The van der Waals surface area contributed by atoms with Gasteiger partial charge in [0.2, 0.25) is 0 Å². The molecule has 0 amide bonds. The molecule has 1 fully saturated rings. The molecule has 1 saturated heterocycles. The maximum absolute atomic E-state index is 3.56. The third kappa shape index (κ3) is 3.48. The highest BCUT2D eigenvalue weighted by Gasteiger charge is 2.14. The molecule has 2 atom stereocenters. The minimum Gasteiger partial charge on any atom is -0.312 e. The Labute approximate surface area is 74.3 Å². The molecular formula is C9H19NS. The van der Waals surface area contributed by atoms with Crippen LogP contribution < -0.4 is 5.32 Å². The monoisotopic (exact) mass is 173 g/mol. The highest BCUT2D eigenvalue weighted by molar-refractivity contribution is 7.99. The molecule has 0 radical (unpaired) electrons. The Balaban J connectivity index is 2.13. The van der Waals surface area contributed by atoms with E-state index in [-0.39, 0.29) is 0 Å². The van der Waals surface area contributed by atoms with Gasteiger partial charge in [-0.05, 0) is 12.3 Å². The van der Waals surface area contributed by atoms with Gasteiger partial charge >= 0.3 is 0 Å². The number of nitrogens with one attached hydrogen (secondary N) is 1. The van der Waals surface area contributed by atoms with Crippen LogP contribution in [0.15, 0.2) is 0 Å². The Bertz CT molecular complexity index is 99.7. The molecule has 1 aliphatic rings. The molecule has 66 valence electrons. The summed E-state index contributed by atoms with van der Waals surface area (Å²) in [6.45, 7) is 5.84. The zero-order valence-corrected chi connectivity index (χ0v) is 8.41. The maximum Gasteiger partial charge on any atom is 0.0161 e. The van der Waals surface area contributed by atoms with Gasteiger partial charge < -0.3 is 5.32 Å². The molecule has 1 heterocycles. The molecule has 2 unspecified atom stereocenters. The van der Waals surface area contributed by atoms with Gasteiger partial charge in [-0.15, -0.1) is 0 Å². The van der Waals surface area contributed by atoms with Crippen LogP contribution in [-0.2, 0) is 0 Å². The molecular weight excluding hydrogens is 154 g/mol. The number of hydrogen-bond donors (Lipinski definition) is 1. The molecule has 1 N–H and O–H groups in total. The van der Waals surface area contributed by atoms with E-state index in [2.05, 4.69) is 30.9 Å². The second-order valence-electron chi connectivity index (χ2n) is 3.48. The van der Waals surface area contributed by atoms with Crippen molar-refractivity contribution in [2.45, 2.75) is 32.7 Å². The number of thioether (sulfide) groups is 1. The summed E-state index contributed by atoms with van der Waals surface area (Å²) in [7, 11) is 0. The predicted octanol–water partition coefficient (Wildman–Crippen LogP) is 2.13. The fourth-order valence-electron chi connectivity index (χ4n) is 1.42. The van der Waals surface area contributed by atoms with Crippen molar-refractivity contribution in [1.29, 1.82) is 0 Å². The molecule has 0 aliphatic carbocycles. The number of rotatable bonds is 3. The van der Waals surface area contributed by atoms with E-state index < -0.39 is 0 Å². The van der Waals surface area contributed by atoms with Gasteiger partial charge in [0.15, 0.2) is 0 Å². The van der Waals surface area contributed by atoms with Gasteiger partial charge in [-0.1, -0.05) is 20.3 Å². The van der Waals surface area contributed by atoms with Crippen LogP contribution in [0.25, 0.3) is 0 Å². The van der Waals surface area contributed by atoms with Crippen LogP contribution in [0.2, 0.25) is 0 Å². The lowest BCUT2D eigenvalue weighted by Gasteiger charge is -2.25. The summed E-state index contributed by atoms with van der Waals surface area (Å²) < 4.78 is 0. The largest absolute Gasteiger partial charge is 0.312 e. The molecule has 0 spiro atoms. The highest BCUT2D eigenvalue weighted by Crippen LogP contribution is 2.16. The van der Waals surface area contributed by atoms with Crippen molar-refractivity contribution < 1.29 is 0 Å². The van der Waals surface area contributed by atoms with Crippen LogP contribution in [0, 0.1) is 5.92 Å². The van der Waals surface area contributed by atoms with Gasteiger partial charge in [0.1, 0.15) is 0 Å². The van der Waals surface area contributed by atoms with Crippen LogP contribution in [-0.4, -0.2) is 24.1 Å². The first-order valence-corrected chi connectivity index (χ1v) is 5.79. The van der Waals surface area contributed by atoms with Crippen molar-refractivity contribution in [3.63, 3.8) is 0 Å². The lowest BCUT2D eigenvalue weighted by atomic mass is 10.0. The molecule has 1 nitrogen and oxygen atoms in total. The van der Waals surface area contributed by atoms with Crippen molar-refractivity contribution in [2.75, 3.05) is 18.1 Å². The van der Waals surface area contributed by atoms with Gasteiger partial charge in [-0.2, -0.15) is 11.8 Å². The van der Waals surface area contributed by atoms with E-state index in [0.717, 1.165) is 12.0 Å². The second-order valence-corrected chi connectivity index (χ2v) is 4.62. The summed E-state index contributed by atoms with van der Waals surface area (Å²) in [5.41, 5.74) is 0. The van der Waals surface area contributed by atoms with E-state index in [1.54, 1.807) is 0 Å². The minimum absolute atomic E-state index is 0.795. The Hall–Kier alpha value is 0.310. The first-order valence-electron chi connectivity index (χ1n) is 4.64. The summed E-state index contributed by atoms with van der Waals surface area (Å²) >= 11 is 2.09. The van der Waals surface area contributed by atoms with Crippen molar-refractivity contribution in [1.82, 2.24) is 5.32 Å². The van der Waals surface area contributed by atoms with E-state index in [1.807, 2.05) is 0 Å². The minimum atomic E-state index is 0.795. The van der Waals surface area contributed by atoms with Gasteiger partial charge in [0.25, 0.3) is 0 Å². The van der Waals surface area contributed by atoms with E-state index >= 15 is 0 Å². The lowest BCUT2D eigenvalue weighted by molar-refractivity contribution is 0.419. The highest BCUT2D eigenvalue weighted by atomic mass is 32.2. The van der Waals surface area contributed by atoms with Crippen LogP contribution >= 0.6 is 11.8 Å². The molecule has 1 rings (SSSR count). The van der Waals surface area contributed by atoms with Crippen LogP contribution in [0.1, 0.15) is 26.7 Å². The molecule has 0 aromatic heterocycles. The SMILES string of the molecule is CCC(C)CC1CSCCN1. The molecule has 2 heteroatoms. The lowest BCUT2D eigenvalue weighted by Crippen LogP contribution is -2.38. The Morgan fingerprint density at radius 3 is 3.00 bits per heavy atom. The Morgan fingerprint density at radius 2 is 2.45 bits per heavy atom.